The Morgan fingerprint density at radius 2 is 1.52 bits per heavy atom. The van der Waals surface area contributed by atoms with E-state index >= 15 is 0 Å². The maximum absolute atomic E-state index is 12.9. The van der Waals surface area contributed by atoms with Gasteiger partial charge < -0.3 is 0 Å². The SMILES string of the molecule is O=S(=O)(CC(F)(F)F)N(Cc1cncnc1)c1cccc(Cc2ccccc2)c1. The molecule has 0 saturated carbocycles. The van der Waals surface area contributed by atoms with Gasteiger partial charge in [-0.2, -0.15) is 13.2 Å². The molecule has 0 aliphatic rings. The number of rotatable bonds is 7. The van der Waals surface area contributed by atoms with Gasteiger partial charge in [0.05, 0.1) is 12.2 Å². The molecule has 5 nitrogen and oxygen atoms in total. The van der Waals surface area contributed by atoms with E-state index in [4.69, 9.17) is 0 Å². The van der Waals surface area contributed by atoms with Gasteiger partial charge in [0, 0.05) is 18.0 Å². The van der Waals surface area contributed by atoms with E-state index in [1.807, 2.05) is 30.3 Å². The van der Waals surface area contributed by atoms with Crippen LogP contribution in [0.5, 0.6) is 0 Å². The van der Waals surface area contributed by atoms with Gasteiger partial charge in [0.2, 0.25) is 10.0 Å². The monoisotopic (exact) mass is 421 g/mol. The first-order valence-corrected chi connectivity index (χ1v) is 10.3. The van der Waals surface area contributed by atoms with Crippen LogP contribution in [0.15, 0.2) is 73.3 Å². The first kappa shape index (κ1) is 20.8. The molecule has 0 amide bonds. The van der Waals surface area contributed by atoms with E-state index in [1.165, 1.54) is 24.8 Å². The number of halogens is 3. The average molecular weight is 421 g/mol. The molecular formula is C20H18F3N3O2S. The van der Waals surface area contributed by atoms with E-state index in [9.17, 15) is 21.6 Å². The summed E-state index contributed by atoms with van der Waals surface area (Å²) in [5.41, 5.74) is 2.33. The zero-order valence-corrected chi connectivity index (χ0v) is 16.1. The van der Waals surface area contributed by atoms with Crippen molar-refractivity contribution < 1.29 is 21.6 Å². The summed E-state index contributed by atoms with van der Waals surface area (Å²) < 4.78 is 64.6. The molecule has 0 radical (unpaired) electrons. The predicted octanol–water partition coefficient (Wildman–Crippen LogP) is 3.97. The van der Waals surface area contributed by atoms with Crippen molar-refractivity contribution in [1.29, 1.82) is 0 Å². The molecule has 0 unspecified atom stereocenters. The zero-order valence-electron chi connectivity index (χ0n) is 15.2. The summed E-state index contributed by atoms with van der Waals surface area (Å²) in [5.74, 6) is -1.95. The number of nitrogens with zero attached hydrogens (tertiary/aromatic N) is 3. The van der Waals surface area contributed by atoms with E-state index in [-0.39, 0.29) is 12.2 Å². The normalized spacial score (nSPS) is 12.0. The lowest BCUT2D eigenvalue weighted by molar-refractivity contribution is -0.106. The molecule has 0 aliphatic heterocycles. The summed E-state index contributed by atoms with van der Waals surface area (Å²) in [5, 5.41) is 0. The number of benzene rings is 2. The van der Waals surface area contributed by atoms with E-state index in [0.29, 0.717) is 12.0 Å². The zero-order chi connectivity index (χ0) is 20.9. The van der Waals surface area contributed by atoms with Gasteiger partial charge in [0.15, 0.2) is 5.75 Å². The van der Waals surface area contributed by atoms with E-state index < -0.39 is 22.0 Å². The summed E-state index contributed by atoms with van der Waals surface area (Å²) in [6.45, 7) is -0.298. The second-order valence-electron chi connectivity index (χ2n) is 6.46. The minimum absolute atomic E-state index is 0.159. The first-order chi connectivity index (χ1) is 13.7. The van der Waals surface area contributed by atoms with Crippen LogP contribution in [-0.4, -0.2) is 30.3 Å². The molecule has 0 atom stereocenters. The maximum atomic E-state index is 12.9. The van der Waals surface area contributed by atoms with Crippen LogP contribution in [-0.2, 0) is 23.0 Å². The van der Waals surface area contributed by atoms with E-state index in [2.05, 4.69) is 9.97 Å². The van der Waals surface area contributed by atoms with Crippen LogP contribution in [0.4, 0.5) is 18.9 Å². The number of sulfonamides is 1. The van der Waals surface area contributed by atoms with Gasteiger partial charge in [0.1, 0.15) is 6.33 Å². The molecule has 0 spiro atoms. The maximum Gasteiger partial charge on any atom is 0.404 e. The Labute approximate surface area is 166 Å². The van der Waals surface area contributed by atoms with Crippen molar-refractivity contribution in [2.24, 2.45) is 0 Å². The Hall–Kier alpha value is -2.94. The number of alkyl halides is 3. The Bertz CT molecular complexity index is 1040. The Morgan fingerprint density at radius 1 is 0.862 bits per heavy atom. The van der Waals surface area contributed by atoms with Crippen LogP contribution in [0.3, 0.4) is 0 Å². The number of hydrogen-bond donors (Lipinski definition) is 0. The fourth-order valence-corrected chi connectivity index (χ4v) is 4.22. The quantitative estimate of drug-likeness (QED) is 0.579. The highest BCUT2D eigenvalue weighted by Crippen LogP contribution is 2.27. The smallest absolute Gasteiger partial charge is 0.265 e. The molecule has 1 aromatic heterocycles. The number of anilines is 1. The molecule has 9 heteroatoms. The van der Waals surface area contributed by atoms with Crippen molar-refractivity contribution in [2.75, 3.05) is 10.1 Å². The lowest BCUT2D eigenvalue weighted by atomic mass is 10.0. The van der Waals surface area contributed by atoms with Crippen LogP contribution in [0, 0.1) is 0 Å². The molecule has 152 valence electrons. The summed E-state index contributed by atoms with van der Waals surface area (Å²) in [6, 6.07) is 16.0. The lowest BCUT2D eigenvalue weighted by Gasteiger charge is -2.25. The van der Waals surface area contributed by atoms with Gasteiger partial charge in [-0.3, -0.25) is 4.31 Å². The summed E-state index contributed by atoms with van der Waals surface area (Å²) in [4.78, 5) is 7.61. The van der Waals surface area contributed by atoms with Gasteiger partial charge in [-0.25, -0.2) is 18.4 Å². The third kappa shape index (κ3) is 6.02. The molecule has 0 N–H and O–H groups in total. The first-order valence-electron chi connectivity index (χ1n) is 8.67. The van der Waals surface area contributed by atoms with Crippen LogP contribution >= 0.6 is 0 Å². The average Bonchev–Trinajstić information content (AvgIpc) is 2.66. The van der Waals surface area contributed by atoms with Crippen molar-refractivity contribution in [3.8, 4) is 0 Å². The highest BCUT2D eigenvalue weighted by Gasteiger charge is 2.38. The van der Waals surface area contributed by atoms with Gasteiger partial charge in [-0.1, -0.05) is 42.5 Å². The molecule has 0 saturated heterocycles. The van der Waals surface area contributed by atoms with Crippen LogP contribution in [0.1, 0.15) is 16.7 Å². The van der Waals surface area contributed by atoms with Gasteiger partial charge >= 0.3 is 6.18 Å². The third-order valence-electron chi connectivity index (χ3n) is 4.07. The summed E-state index contributed by atoms with van der Waals surface area (Å²) >= 11 is 0. The van der Waals surface area contributed by atoms with Crippen molar-refractivity contribution in [3.63, 3.8) is 0 Å². The second kappa shape index (κ2) is 8.60. The molecule has 1 heterocycles. The molecule has 0 bridgehead atoms. The lowest BCUT2D eigenvalue weighted by Crippen LogP contribution is -2.37. The van der Waals surface area contributed by atoms with Gasteiger partial charge in [-0.05, 0) is 29.7 Å². The summed E-state index contributed by atoms with van der Waals surface area (Å²) in [6.07, 6.45) is -0.325. The molecular weight excluding hydrogens is 403 g/mol. The van der Waals surface area contributed by atoms with Crippen molar-refractivity contribution >= 4 is 15.7 Å². The van der Waals surface area contributed by atoms with E-state index in [0.717, 1.165) is 15.4 Å². The molecule has 3 aromatic rings. The Kier molecular flexibility index (Phi) is 6.17. The Morgan fingerprint density at radius 3 is 2.17 bits per heavy atom. The predicted molar refractivity (Wildman–Crippen MR) is 104 cm³/mol. The van der Waals surface area contributed by atoms with Gasteiger partial charge in [0.25, 0.3) is 0 Å². The van der Waals surface area contributed by atoms with Crippen LogP contribution < -0.4 is 4.31 Å². The van der Waals surface area contributed by atoms with Gasteiger partial charge in [-0.15, -0.1) is 0 Å². The fourth-order valence-electron chi connectivity index (χ4n) is 2.87. The molecule has 0 fully saturated rings. The van der Waals surface area contributed by atoms with Crippen molar-refractivity contribution in [3.05, 3.63) is 90.0 Å². The third-order valence-corrected chi connectivity index (χ3v) is 5.78. The fraction of sp³-hybridized carbons (Fsp3) is 0.200. The minimum Gasteiger partial charge on any atom is -0.265 e. The largest absolute Gasteiger partial charge is 0.404 e. The molecule has 0 aliphatic carbocycles. The minimum atomic E-state index is -4.86. The van der Waals surface area contributed by atoms with Crippen molar-refractivity contribution in [2.45, 2.75) is 19.1 Å². The number of aromatic nitrogens is 2. The molecule has 2 aromatic carbocycles. The van der Waals surface area contributed by atoms with Crippen molar-refractivity contribution in [1.82, 2.24) is 9.97 Å². The molecule has 29 heavy (non-hydrogen) atoms. The highest BCUT2D eigenvalue weighted by atomic mass is 32.2. The van der Waals surface area contributed by atoms with E-state index in [1.54, 1.807) is 18.2 Å². The number of hydrogen-bond acceptors (Lipinski definition) is 4. The summed E-state index contributed by atoms with van der Waals surface area (Å²) in [7, 11) is -4.67. The van der Waals surface area contributed by atoms with Crippen LogP contribution in [0.2, 0.25) is 0 Å². The second-order valence-corrected chi connectivity index (χ2v) is 8.35. The topological polar surface area (TPSA) is 63.2 Å². The molecule has 3 rings (SSSR count). The highest BCUT2D eigenvalue weighted by molar-refractivity contribution is 7.92. The Balaban J connectivity index is 1.96. The van der Waals surface area contributed by atoms with Crippen LogP contribution in [0.25, 0.3) is 0 Å². The standard InChI is InChI=1S/C20H18F3N3O2S/c21-20(22,23)14-29(27,28)26(13-18-11-24-15-25-12-18)19-8-4-7-17(10-19)9-16-5-2-1-3-6-16/h1-8,10-12,15H,9,13-14H2.